The van der Waals surface area contributed by atoms with E-state index in [4.69, 9.17) is 20.2 Å². The molecule has 1 aromatic rings. The molecule has 274 valence electrons. The Kier molecular flexibility index (Phi) is 10.2. The Morgan fingerprint density at radius 1 is 0.958 bits per heavy atom. The van der Waals surface area contributed by atoms with E-state index in [0.29, 0.717) is 11.6 Å². The zero-order chi connectivity index (χ0) is 35.8. The fraction of sp³-hybridized carbons (Fsp3) is 0.800. The predicted octanol–water partition coefficient (Wildman–Crippen LogP) is 4.15. The molecule has 1 aromatic heterocycles. The number of rotatable bonds is 11. The number of hydrogen-bond acceptors (Lipinski definition) is 14. The Hall–Kier alpha value is -1.12. The number of allylic oxidation sites excluding steroid dienone is 2. The lowest BCUT2D eigenvalue weighted by Crippen LogP contribution is -2.65. The van der Waals surface area contributed by atoms with Crippen LogP contribution in [0.4, 0.5) is 0 Å². The second kappa shape index (κ2) is 12.8. The summed E-state index contributed by atoms with van der Waals surface area (Å²) in [6.45, 7) is 10.2. The van der Waals surface area contributed by atoms with Crippen LogP contribution in [0.1, 0.15) is 91.0 Å². The summed E-state index contributed by atoms with van der Waals surface area (Å²) in [5, 5.41) is 11.9. The minimum Gasteiger partial charge on any atom is -0.726 e. The van der Waals surface area contributed by atoms with Crippen molar-refractivity contribution in [1.29, 1.82) is 0 Å². The molecule has 1 unspecified atom stereocenters. The molecule has 0 bridgehead atoms. The molecule has 1 heterocycles. The molecule has 14 nitrogen and oxygen atoms in total. The van der Waals surface area contributed by atoms with Gasteiger partial charge in [-0.2, -0.15) is 0 Å². The van der Waals surface area contributed by atoms with Crippen molar-refractivity contribution in [3.8, 4) is 0 Å². The van der Waals surface area contributed by atoms with Crippen LogP contribution in [0.15, 0.2) is 28.4 Å². The van der Waals surface area contributed by atoms with Gasteiger partial charge in [-0.3, -0.25) is 12.5 Å². The Labute approximate surface area is 287 Å². The quantitative estimate of drug-likeness (QED) is 0.190. The average Bonchev–Trinajstić information content (AvgIpc) is 3.47. The van der Waals surface area contributed by atoms with Crippen LogP contribution in [-0.2, 0) is 43.7 Å². The third-order valence-corrected chi connectivity index (χ3v) is 14.3. The fourth-order valence-corrected chi connectivity index (χ4v) is 12.0. The first-order valence-corrected chi connectivity index (χ1v) is 20.3. The number of fused-ring (bicyclic) bond motifs is 5. The molecule has 3 saturated carbocycles. The third-order valence-electron chi connectivity index (χ3n) is 12.6. The molecule has 0 radical (unpaired) electrons. The zero-order valence-corrected chi connectivity index (χ0v) is 30.4. The van der Waals surface area contributed by atoms with Crippen molar-refractivity contribution >= 4 is 42.8 Å². The summed E-state index contributed by atoms with van der Waals surface area (Å²) >= 11 is 6.21. The summed E-state index contributed by atoms with van der Waals surface area (Å²) < 4.78 is 126. The number of aliphatic hydroxyl groups excluding tert-OH is 1. The molecule has 4 aliphatic rings. The first-order chi connectivity index (χ1) is 21.9. The first-order valence-electron chi connectivity index (χ1n) is 15.9. The van der Waals surface area contributed by atoms with Crippen molar-refractivity contribution in [3.63, 3.8) is 0 Å². The van der Waals surface area contributed by atoms with Crippen molar-refractivity contribution in [2.45, 2.75) is 110 Å². The Bertz CT molecular complexity index is 1740. The van der Waals surface area contributed by atoms with Crippen LogP contribution in [-0.4, -0.2) is 68.4 Å². The molecule has 0 aliphatic heterocycles. The van der Waals surface area contributed by atoms with Crippen LogP contribution in [0.25, 0.3) is 0 Å². The molecule has 0 aromatic carbocycles. The Balaban J connectivity index is 1.52. The molecule has 0 amide bonds. The van der Waals surface area contributed by atoms with Crippen molar-refractivity contribution in [3.05, 3.63) is 34.8 Å². The Morgan fingerprint density at radius 2 is 1.56 bits per heavy atom. The maximum absolute atomic E-state index is 12.0. The molecule has 1 N–H and O–H groups in total. The maximum Gasteiger partial charge on any atom is 0.218 e. The second-order valence-corrected chi connectivity index (χ2v) is 18.3. The molecule has 4 aliphatic carbocycles. The molecule has 0 saturated heterocycles. The van der Waals surface area contributed by atoms with Crippen molar-refractivity contribution in [1.82, 2.24) is 0 Å². The molecule has 3 fully saturated rings. The van der Waals surface area contributed by atoms with Gasteiger partial charge in [-0.1, -0.05) is 46.3 Å². The minimum atomic E-state index is -5.58. The van der Waals surface area contributed by atoms with E-state index in [1.54, 1.807) is 13.2 Å². The van der Waals surface area contributed by atoms with Crippen LogP contribution in [0.2, 0.25) is 5.22 Å². The molecule has 0 spiro atoms. The predicted molar refractivity (Wildman–Crippen MR) is 166 cm³/mol. The normalized spacial score (nSPS) is 40.0. The third kappa shape index (κ3) is 7.03. The lowest BCUT2D eigenvalue weighted by Gasteiger charge is -2.64. The van der Waals surface area contributed by atoms with Crippen molar-refractivity contribution < 1.29 is 61.0 Å². The molecule has 18 heteroatoms. The summed E-state index contributed by atoms with van der Waals surface area (Å²) in [5.41, 5.74) is -0.470. The lowest BCUT2D eigenvalue weighted by atomic mass is 9.43. The summed E-state index contributed by atoms with van der Waals surface area (Å²) in [7, 11) is -16.5. The molecular weight excluding hydrogens is 716 g/mol. The van der Waals surface area contributed by atoms with Gasteiger partial charge in [0.2, 0.25) is 31.2 Å². The van der Waals surface area contributed by atoms with E-state index in [9.17, 15) is 44.0 Å². The number of hydrogen-bond donors (Lipinski definition) is 1. The fourth-order valence-electron chi connectivity index (χ4n) is 10.2. The van der Waals surface area contributed by atoms with E-state index in [2.05, 4.69) is 36.1 Å². The first kappa shape index (κ1) is 38.1. The van der Waals surface area contributed by atoms with Gasteiger partial charge in [0.05, 0.1) is 18.5 Å². The Morgan fingerprint density at radius 3 is 2.12 bits per heavy atom. The van der Waals surface area contributed by atoms with Crippen LogP contribution in [0.3, 0.4) is 0 Å². The number of halogens is 1. The number of aliphatic hydroxyl groups is 1. The van der Waals surface area contributed by atoms with Gasteiger partial charge in [-0.05, 0) is 103 Å². The summed E-state index contributed by atoms with van der Waals surface area (Å²) in [5.74, 6) is -1.06. The zero-order valence-electron chi connectivity index (χ0n) is 27.2. The van der Waals surface area contributed by atoms with Crippen LogP contribution in [0.5, 0.6) is 0 Å². The van der Waals surface area contributed by atoms with Crippen LogP contribution in [0, 0.1) is 39.9 Å². The van der Waals surface area contributed by atoms with E-state index >= 15 is 0 Å². The van der Waals surface area contributed by atoms with E-state index in [0.717, 1.165) is 36.8 Å². The van der Waals surface area contributed by atoms with Gasteiger partial charge in [-0.25, -0.2) is 25.3 Å². The summed E-state index contributed by atoms with van der Waals surface area (Å²) in [6.07, 6.45) is -0.715. The molecule has 12 atom stereocenters. The topological polar surface area (TPSA) is 233 Å². The highest BCUT2D eigenvalue weighted by atomic mass is 35.5. The highest BCUT2D eigenvalue weighted by molar-refractivity contribution is 7.81. The van der Waals surface area contributed by atoms with Crippen molar-refractivity contribution in [2.24, 2.45) is 39.9 Å². The van der Waals surface area contributed by atoms with Gasteiger partial charge in [-0.15, -0.1) is 0 Å². The highest BCUT2D eigenvalue weighted by Gasteiger charge is 2.68. The standard InChI is InChI=1S/C30H45ClO14S3/c1-16(18-10-13-42-27(18)31)6-7-17(2)19-8-11-30(5)21-14-22(43-46(33,34)35)24-25(32)26(45-48(39,40)41)23(44-47(36,37)38)15-28(24,3)20(21)9-12-29(19,30)4/h9-10,13,16-17,19,21-26,32H,6-8,11-12,14-15H2,1-5H3,(H,33,34,35)(H,36,37,38)(H,39,40,41)/p-3/t16?,17-,19-,21-,22+,23+,24+,25-,26-,28-,29-,30+/m1/s1. The largest absolute Gasteiger partial charge is 0.726 e. The van der Waals surface area contributed by atoms with Gasteiger partial charge in [0.25, 0.3) is 0 Å². The summed E-state index contributed by atoms with van der Waals surface area (Å²) in [4.78, 5) is 0. The van der Waals surface area contributed by atoms with E-state index in [1.165, 1.54) is 0 Å². The smallest absolute Gasteiger partial charge is 0.218 e. The van der Waals surface area contributed by atoms with Crippen LogP contribution < -0.4 is 0 Å². The lowest BCUT2D eigenvalue weighted by molar-refractivity contribution is -0.179. The molecule has 5 rings (SSSR count). The average molecular weight is 758 g/mol. The second-order valence-electron chi connectivity index (χ2n) is 14.9. The molecular formula is C30H42ClO14S3-3. The van der Waals surface area contributed by atoms with E-state index in [1.807, 2.05) is 12.1 Å². The summed E-state index contributed by atoms with van der Waals surface area (Å²) in [6, 6.07) is 1.87. The van der Waals surface area contributed by atoms with E-state index in [-0.39, 0.29) is 29.6 Å². The van der Waals surface area contributed by atoms with Gasteiger partial charge in [0.15, 0.2) is 5.22 Å². The monoisotopic (exact) mass is 757 g/mol. The number of furan rings is 1. The minimum absolute atomic E-state index is 0.0456. The molecule has 48 heavy (non-hydrogen) atoms. The van der Waals surface area contributed by atoms with Gasteiger partial charge < -0.3 is 23.2 Å². The highest BCUT2D eigenvalue weighted by Crippen LogP contribution is 2.72. The van der Waals surface area contributed by atoms with E-state index < -0.39 is 84.7 Å². The maximum atomic E-state index is 12.0. The van der Waals surface area contributed by atoms with Crippen molar-refractivity contribution in [2.75, 3.05) is 0 Å². The van der Waals surface area contributed by atoms with Gasteiger partial charge in [0, 0.05) is 11.5 Å². The van der Waals surface area contributed by atoms with Gasteiger partial charge in [0.1, 0.15) is 12.2 Å². The SMILES string of the molecule is CC(CC[C@@H](C)[C@H]1CC[C@@]2(C)[C@@H]3C[C@H](OS(=O)(=O)[O-])[C@H]4[C@@H](O)[C@H](OS(=O)(=O)[O-])[C@@H](OS(=O)(=O)[O-])C[C@]4(C)C3=CC[C@]12C)c1ccoc1Cl. The van der Waals surface area contributed by atoms with Gasteiger partial charge >= 0.3 is 0 Å². The van der Waals surface area contributed by atoms with Crippen LogP contribution >= 0.6 is 11.6 Å².